The van der Waals surface area contributed by atoms with Crippen LogP contribution >= 0.6 is 15.9 Å². The topological polar surface area (TPSA) is 12.0 Å². The van der Waals surface area contributed by atoms with Crippen molar-refractivity contribution in [1.82, 2.24) is 5.32 Å². The zero-order valence-electron chi connectivity index (χ0n) is 11.0. The summed E-state index contributed by atoms with van der Waals surface area (Å²) in [4.78, 5) is 0. The third-order valence-electron chi connectivity index (χ3n) is 2.96. The minimum absolute atomic E-state index is 0.626. The SMILES string of the molecule is CC(C)c1ccc(CNCCCCCBr)cc1. The number of halogens is 1. The summed E-state index contributed by atoms with van der Waals surface area (Å²) in [6.45, 7) is 6.58. The van der Waals surface area contributed by atoms with Crippen LogP contribution in [-0.2, 0) is 6.54 Å². The molecule has 17 heavy (non-hydrogen) atoms. The average molecular weight is 298 g/mol. The molecule has 0 saturated carbocycles. The smallest absolute Gasteiger partial charge is 0.0205 e. The van der Waals surface area contributed by atoms with Crippen molar-refractivity contribution in [2.45, 2.75) is 45.6 Å². The van der Waals surface area contributed by atoms with Gasteiger partial charge in [-0.25, -0.2) is 0 Å². The summed E-state index contributed by atoms with van der Waals surface area (Å²) >= 11 is 3.45. The van der Waals surface area contributed by atoms with Gasteiger partial charge in [-0.2, -0.15) is 0 Å². The van der Waals surface area contributed by atoms with Crippen LogP contribution in [0.2, 0.25) is 0 Å². The van der Waals surface area contributed by atoms with Gasteiger partial charge in [0, 0.05) is 11.9 Å². The lowest BCUT2D eigenvalue weighted by Crippen LogP contribution is -2.14. The van der Waals surface area contributed by atoms with Crippen LogP contribution in [-0.4, -0.2) is 11.9 Å². The number of benzene rings is 1. The third-order valence-corrected chi connectivity index (χ3v) is 3.52. The van der Waals surface area contributed by atoms with Crippen molar-refractivity contribution in [3.63, 3.8) is 0 Å². The molecule has 0 radical (unpaired) electrons. The van der Waals surface area contributed by atoms with Gasteiger partial charge in [-0.3, -0.25) is 0 Å². The average Bonchev–Trinajstić information content (AvgIpc) is 2.34. The maximum Gasteiger partial charge on any atom is 0.0205 e. The Morgan fingerprint density at radius 2 is 1.76 bits per heavy atom. The van der Waals surface area contributed by atoms with Crippen molar-refractivity contribution in [1.29, 1.82) is 0 Å². The number of nitrogens with one attached hydrogen (secondary N) is 1. The highest BCUT2D eigenvalue weighted by Crippen LogP contribution is 2.14. The van der Waals surface area contributed by atoms with E-state index in [1.165, 1.54) is 30.4 Å². The standard InChI is InChI=1S/C15H24BrN/c1-13(2)15-8-6-14(7-9-15)12-17-11-5-3-4-10-16/h6-9,13,17H,3-5,10-12H2,1-2H3. The largest absolute Gasteiger partial charge is 0.313 e. The first-order chi connectivity index (χ1) is 8.24. The van der Waals surface area contributed by atoms with Gasteiger partial charge in [-0.1, -0.05) is 60.5 Å². The van der Waals surface area contributed by atoms with E-state index in [4.69, 9.17) is 0 Å². The van der Waals surface area contributed by atoms with Gasteiger partial charge in [0.25, 0.3) is 0 Å². The zero-order valence-corrected chi connectivity index (χ0v) is 12.6. The Balaban J connectivity index is 2.19. The van der Waals surface area contributed by atoms with Crippen molar-refractivity contribution in [3.8, 4) is 0 Å². The van der Waals surface area contributed by atoms with Crippen LogP contribution < -0.4 is 5.32 Å². The second-order valence-electron chi connectivity index (χ2n) is 4.82. The molecule has 96 valence electrons. The molecule has 0 bridgehead atoms. The summed E-state index contributed by atoms with van der Waals surface area (Å²) in [6.07, 6.45) is 3.87. The highest BCUT2D eigenvalue weighted by molar-refractivity contribution is 9.09. The van der Waals surface area contributed by atoms with Crippen LogP contribution in [0.3, 0.4) is 0 Å². The first-order valence-corrected chi connectivity index (χ1v) is 7.71. The van der Waals surface area contributed by atoms with Gasteiger partial charge >= 0.3 is 0 Å². The molecule has 2 heteroatoms. The van der Waals surface area contributed by atoms with E-state index in [9.17, 15) is 0 Å². The van der Waals surface area contributed by atoms with Gasteiger partial charge < -0.3 is 5.32 Å². The van der Waals surface area contributed by atoms with Crippen molar-refractivity contribution in [2.24, 2.45) is 0 Å². The quantitative estimate of drug-likeness (QED) is 0.552. The van der Waals surface area contributed by atoms with Crippen molar-refractivity contribution in [3.05, 3.63) is 35.4 Å². The number of alkyl halides is 1. The molecule has 1 nitrogen and oxygen atoms in total. The fourth-order valence-corrected chi connectivity index (χ4v) is 2.17. The Bertz CT molecular complexity index is 292. The van der Waals surface area contributed by atoms with E-state index in [0.717, 1.165) is 18.4 Å². The summed E-state index contributed by atoms with van der Waals surface area (Å²) in [5.74, 6) is 0.626. The van der Waals surface area contributed by atoms with E-state index >= 15 is 0 Å². The first kappa shape index (κ1) is 14.7. The van der Waals surface area contributed by atoms with Gasteiger partial charge in [-0.05, 0) is 36.4 Å². The maximum atomic E-state index is 3.49. The van der Waals surface area contributed by atoms with Gasteiger partial charge in [0.05, 0.1) is 0 Å². The van der Waals surface area contributed by atoms with E-state index in [1.807, 2.05) is 0 Å². The summed E-state index contributed by atoms with van der Waals surface area (Å²) < 4.78 is 0. The second kappa shape index (κ2) is 8.71. The van der Waals surface area contributed by atoms with E-state index in [2.05, 4.69) is 59.4 Å². The molecular weight excluding hydrogens is 274 g/mol. The number of unbranched alkanes of at least 4 members (excludes halogenated alkanes) is 2. The Morgan fingerprint density at radius 1 is 1.06 bits per heavy atom. The van der Waals surface area contributed by atoms with E-state index in [-0.39, 0.29) is 0 Å². The molecule has 0 saturated heterocycles. The second-order valence-corrected chi connectivity index (χ2v) is 5.62. The van der Waals surface area contributed by atoms with Crippen LogP contribution in [0, 0.1) is 0 Å². The minimum Gasteiger partial charge on any atom is -0.313 e. The van der Waals surface area contributed by atoms with Crippen molar-refractivity contribution in [2.75, 3.05) is 11.9 Å². The summed E-state index contributed by atoms with van der Waals surface area (Å²) in [5.41, 5.74) is 2.81. The van der Waals surface area contributed by atoms with Crippen LogP contribution in [0.25, 0.3) is 0 Å². The monoisotopic (exact) mass is 297 g/mol. The fraction of sp³-hybridized carbons (Fsp3) is 0.600. The molecule has 0 atom stereocenters. The summed E-state index contributed by atoms with van der Waals surface area (Å²) in [5, 5.41) is 4.62. The molecule has 0 unspecified atom stereocenters. The lowest BCUT2D eigenvalue weighted by molar-refractivity contribution is 0.619. The molecule has 0 aromatic heterocycles. The predicted molar refractivity (Wildman–Crippen MR) is 79.9 cm³/mol. The minimum atomic E-state index is 0.626. The normalized spacial score (nSPS) is 11.1. The molecule has 0 aliphatic heterocycles. The zero-order chi connectivity index (χ0) is 12.5. The van der Waals surface area contributed by atoms with Gasteiger partial charge in [0.1, 0.15) is 0 Å². The molecule has 0 aliphatic carbocycles. The molecule has 0 aliphatic rings. The molecule has 0 amide bonds. The molecule has 0 fully saturated rings. The number of rotatable bonds is 8. The Morgan fingerprint density at radius 3 is 2.35 bits per heavy atom. The van der Waals surface area contributed by atoms with Crippen LogP contribution in [0.4, 0.5) is 0 Å². The Labute approximate surface area is 114 Å². The van der Waals surface area contributed by atoms with Gasteiger partial charge in [-0.15, -0.1) is 0 Å². The van der Waals surface area contributed by atoms with Gasteiger partial charge in [0.15, 0.2) is 0 Å². The number of hydrogen-bond donors (Lipinski definition) is 1. The Hall–Kier alpha value is -0.340. The van der Waals surface area contributed by atoms with Crippen molar-refractivity contribution >= 4 is 15.9 Å². The molecular formula is C15H24BrN. The highest BCUT2D eigenvalue weighted by atomic mass is 79.9. The number of hydrogen-bond acceptors (Lipinski definition) is 1. The Kier molecular flexibility index (Phi) is 7.54. The summed E-state index contributed by atoms with van der Waals surface area (Å²) in [6, 6.07) is 8.96. The van der Waals surface area contributed by atoms with E-state index in [0.29, 0.717) is 5.92 Å². The maximum absolute atomic E-state index is 3.49. The summed E-state index contributed by atoms with van der Waals surface area (Å²) in [7, 11) is 0. The van der Waals surface area contributed by atoms with E-state index < -0.39 is 0 Å². The fourth-order valence-electron chi connectivity index (χ4n) is 1.77. The van der Waals surface area contributed by atoms with Crippen LogP contribution in [0.15, 0.2) is 24.3 Å². The molecule has 1 N–H and O–H groups in total. The van der Waals surface area contributed by atoms with Crippen LogP contribution in [0.1, 0.15) is 50.2 Å². The van der Waals surface area contributed by atoms with Crippen molar-refractivity contribution < 1.29 is 0 Å². The molecule has 1 aromatic rings. The lowest BCUT2D eigenvalue weighted by Gasteiger charge is -2.08. The third kappa shape index (κ3) is 6.23. The molecule has 1 aromatic carbocycles. The lowest BCUT2D eigenvalue weighted by atomic mass is 10.0. The first-order valence-electron chi connectivity index (χ1n) is 6.59. The molecule has 1 rings (SSSR count). The molecule has 0 heterocycles. The predicted octanol–water partition coefficient (Wildman–Crippen LogP) is 4.46. The van der Waals surface area contributed by atoms with E-state index in [1.54, 1.807) is 0 Å². The molecule has 0 spiro atoms. The van der Waals surface area contributed by atoms with Gasteiger partial charge in [0.2, 0.25) is 0 Å². The van der Waals surface area contributed by atoms with Crippen LogP contribution in [0.5, 0.6) is 0 Å². The highest BCUT2D eigenvalue weighted by Gasteiger charge is 1.98.